The molecule has 3 N–H and O–H groups in total. The number of nitrogen functional groups attached to an aromatic ring is 1. The molecule has 3 aromatic heterocycles. The Balaban J connectivity index is 1.03. The third-order valence-electron chi connectivity index (χ3n) is 9.88. The van der Waals surface area contributed by atoms with Gasteiger partial charge in [-0.15, -0.1) is 0 Å². The number of nitrogens with zero attached hydrogens (tertiary/aromatic N) is 4. The van der Waals surface area contributed by atoms with E-state index in [0.717, 1.165) is 33.6 Å². The summed E-state index contributed by atoms with van der Waals surface area (Å²) in [5.74, 6) is 0.0222. The van der Waals surface area contributed by atoms with Crippen molar-refractivity contribution >= 4 is 22.9 Å². The molecule has 0 radical (unpaired) electrons. The quantitative estimate of drug-likeness (QED) is 0.154. The van der Waals surface area contributed by atoms with E-state index in [1.165, 1.54) is 12.1 Å². The van der Waals surface area contributed by atoms with Crippen LogP contribution in [0.3, 0.4) is 0 Å². The number of aromatic nitrogens is 4. The van der Waals surface area contributed by atoms with Crippen LogP contribution in [-0.4, -0.2) is 38.6 Å². The molecule has 0 saturated carbocycles. The number of carbonyl (C=O) groups is 1. The molecule has 10 nitrogen and oxygen atoms in total. The highest BCUT2D eigenvalue weighted by atomic mass is 19.1. The summed E-state index contributed by atoms with van der Waals surface area (Å²) in [7, 11) is 0. The molecule has 0 spiro atoms. The summed E-state index contributed by atoms with van der Waals surface area (Å²) in [6, 6.07) is 35.7. The fourth-order valence-electron chi connectivity index (χ4n) is 7.22. The number of aryl methyl sites for hydroxylation is 1. The molecular formula is C43H35FN6O4. The van der Waals surface area contributed by atoms with Gasteiger partial charge in [-0.1, -0.05) is 66.7 Å². The molecule has 1 aliphatic carbocycles. The summed E-state index contributed by atoms with van der Waals surface area (Å²) >= 11 is 0. The third kappa shape index (κ3) is 6.33. The number of imidazole rings is 1. The van der Waals surface area contributed by atoms with Crippen LogP contribution in [0.4, 0.5) is 10.2 Å². The Kier molecular flexibility index (Phi) is 8.78. The average molecular weight is 719 g/mol. The molecule has 0 unspecified atom stereocenters. The normalized spacial score (nSPS) is 15.4. The van der Waals surface area contributed by atoms with Crippen molar-refractivity contribution in [2.75, 3.05) is 18.9 Å². The molecule has 4 heterocycles. The van der Waals surface area contributed by atoms with Crippen molar-refractivity contribution in [2.24, 2.45) is 0 Å². The van der Waals surface area contributed by atoms with Crippen molar-refractivity contribution in [1.29, 1.82) is 0 Å². The zero-order valence-electron chi connectivity index (χ0n) is 29.1. The van der Waals surface area contributed by atoms with Gasteiger partial charge in [0, 0.05) is 23.5 Å². The third-order valence-corrected chi connectivity index (χ3v) is 9.88. The van der Waals surface area contributed by atoms with Crippen LogP contribution in [0.25, 0.3) is 39.5 Å². The molecule has 1 amide bonds. The van der Waals surface area contributed by atoms with Crippen molar-refractivity contribution in [3.63, 3.8) is 0 Å². The number of amides is 1. The van der Waals surface area contributed by atoms with Gasteiger partial charge < -0.3 is 25.3 Å². The molecule has 1 aliphatic heterocycles. The monoisotopic (exact) mass is 718 g/mol. The molecule has 0 bridgehead atoms. The molecule has 9 rings (SSSR count). The van der Waals surface area contributed by atoms with Gasteiger partial charge in [0.05, 0.1) is 41.6 Å². The van der Waals surface area contributed by atoms with Crippen molar-refractivity contribution < 1.29 is 23.4 Å². The maximum absolute atomic E-state index is 15.7. The first-order chi connectivity index (χ1) is 26.5. The smallest absolute Gasteiger partial charge is 0.254 e. The summed E-state index contributed by atoms with van der Waals surface area (Å²) in [6.07, 6.45) is 2.24. The van der Waals surface area contributed by atoms with Gasteiger partial charge >= 0.3 is 0 Å². The summed E-state index contributed by atoms with van der Waals surface area (Å²) in [4.78, 5) is 28.1. The second-order valence-electron chi connectivity index (χ2n) is 13.3. The fourth-order valence-corrected chi connectivity index (χ4v) is 7.22. The lowest BCUT2D eigenvalue weighted by Gasteiger charge is -2.19. The van der Waals surface area contributed by atoms with Gasteiger partial charge in [0.25, 0.3) is 5.91 Å². The van der Waals surface area contributed by atoms with Gasteiger partial charge in [0.2, 0.25) is 0 Å². The van der Waals surface area contributed by atoms with E-state index in [4.69, 9.17) is 29.9 Å². The Morgan fingerprint density at radius 1 is 0.889 bits per heavy atom. The van der Waals surface area contributed by atoms with E-state index >= 15 is 4.39 Å². The maximum atomic E-state index is 15.7. The number of anilines is 1. The number of halogens is 1. The van der Waals surface area contributed by atoms with Gasteiger partial charge in [-0.3, -0.25) is 9.36 Å². The van der Waals surface area contributed by atoms with Gasteiger partial charge in [-0.05, 0) is 72.0 Å². The van der Waals surface area contributed by atoms with E-state index in [2.05, 4.69) is 16.4 Å². The van der Waals surface area contributed by atoms with Crippen molar-refractivity contribution in [2.45, 2.75) is 31.8 Å². The molecule has 268 valence electrons. The number of ether oxygens (including phenoxy) is 3. The van der Waals surface area contributed by atoms with E-state index in [-0.39, 0.29) is 24.0 Å². The number of nitrogens with one attached hydrogen (secondary N) is 1. The highest BCUT2D eigenvalue weighted by Gasteiger charge is 2.30. The minimum atomic E-state index is -0.766. The molecule has 1 saturated heterocycles. The van der Waals surface area contributed by atoms with E-state index in [0.29, 0.717) is 60.0 Å². The van der Waals surface area contributed by atoms with Crippen molar-refractivity contribution in [3.8, 4) is 34.1 Å². The lowest BCUT2D eigenvalue weighted by atomic mass is 10.0. The first-order valence-corrected chi connectivity index (χ1v) is 17.8. The highest BCUT2D eigenvalue weighted by Crippen LogP contribution is 2.38. The summed E-state index contributed by atoms with van der Waals surface area (Å²) in [6.45, 7) is 1.00. The number of carbonyl (C=O) groups excluding carboxylic acids is 1. The Morgan fingerprint density at radius 2 is 1.69 bits per heavy atom. The Hall–Kier alpha value is -6.43. The minimum Gasteiger partial charge on any atom is -0.488 e. The predicted octanol–water partition coefficient (Wildman–Crippen LogP) is 7.91. The Labute approximate surface area is 310 Å². The number of hydrogen-bond acceptors (Lipinski definition) is 8. The van der Waals surface area contributed by atoms with Crippen LogP contribution < -0.4 is 15.8 Å². The van der Waals surface area contributed by atoms with Crippen LogP contribution in [0.2, 0.25) is 0 Å². The Bertz CT molecular complexity index is 2500. The van der Waals surface area contributed by atoms with E-state index in [1.54, 1.807) is 6.20 Å². The number of benzene rings is 4. The number of hydrogen-bond donors (Lipinski definition) is 2. The molecule has 2 aliphatic rings. The number of rotatable bonds is 9. The summed E-state index contributed by atoms with van der Waals surface area (Å²) in [5.41, 5.74) is 14.4. The zero-order valence-corrected chi connectivity index (χ0v) is 29.1. The number of pyridine rings is 2. The van der Waals surface area contributed by atoms with E-state index in [9.17, 15) is 4.79 Å². The molecule has 1 atom stereocenters. The average Bonchev–Trinajstić information content (AvgIpc) is 3.97. The summed E-state index contributed by atoms with van der Waals surface area (Å²) in [5, 5.41) is 3.08. The molecule has 4 aromatic carbocycles. The molecular weight excluding hydrogens is 684 g/mol. The lowest BCUT2D eigenvalue weighted by molar-refractivity contribution is -0.0459. The number of nitrogens with two attached hydrogens (primary N) is 1. The van der Waals surface area contributed by atoms with Crippen LogP contribution in [-0.2, 0) is 22.5 Å². The van der Waals surface area contributed by atoms with Crippen LogP contribution in [0.1, 0.15) is 51.4 Å². The van der Waals surface area contributed by atoms with Crippen LogP contribution in [0.15, 0.2) is 121 Å². The van der Waals surface area contributed by atoms with Gasteiger partial charge in [-0.2, -0.15) is 0 Å². The first kappa shape index (κ1) is 33.4. The van der Waals surface area contributed by atoms with Gasteiger partial charge in [0.15, 0.2) is 17.8 Å². The van der Waals surface area contributed by atoms with E-state index in [1.807, 2.05) is 102 Å². The molecule has 11 heteroatoms. The number of fused-ring (bicyclic) bond motifs is 2. The Morgan fingerprint density at radius 3 is 2.48 bits per heavy atom. The zero-order chi connectivity index (χ0) is 36.6. The minimum absolute atomic E-state index is 0.106. The molecule has 1 fully saturated rings. The van der Waals surface area contributed by atoms with Crippen molar-refractivity contribution in [1.82, 2.24) is 24.8 Å². The van der Waals surface area contributed by atoms with Gasteiger partial charge in [0.1, 0.15) is 29.5 Å². The topological polar surface area (TPSA) is 126 Å². The highest BCUT2D eigenvalue weighted by molar-refractivity contribution is 5.95. The summed E-state index contributed by atoms with van der Waals surface area (Å²) < 4.78 is 35.2. The predicted molar refractivity (Wildman–Crippen MR) is 202 cm³/mol. The second kappa shape index (κ2) is 14.2. The first-order valence-electron chi connectivity index (χ1n) is 17.8. The maximum Gasteiger partial charge on any atom is 0.254 e. The van der Waals surface area contributed by atoms with Crippen LogP contribution in [0, 0.1) is 5.82 Å². The SMILES string of the molecule is Nc1ncccc1-c1nc2ccc(-c3ccccc3)nc2n1-c1ccc2c(c1)CC[C@@H]2NC(=O)c1cc(C2OCCO2)c(OCc2ccccc2)cc1F. The molecule has 54 heavy (non-hydrogen) atoms. The van der Waals surface area contributed by atoms with Crippen LogP contribution in [0.5, 0.6) is 5.75 Å². The second-order valence-corrected chi connectivity index (χ2v) is 13.3. The standard InChI is InChI=1S/C43H35FN6O4/c44-34-24-38(54-25-26-8-3-1-4-9-26)33(43-52-20-21-53-43)23-32(34)42(51)49-36-16-13-28-22-29(14-15-30(28)36)50-40(31-12-7-19-46-39(31)45)48-37-18-17-35(47-41(37)50)27-10-5-2-6-11-27/h1-12,14-15,17-19,22-24,36,43H,13,16,20-21,25H2,(H2,45,46)(H,49,51)/t36-/m0/s1. The fraction of sp³-hybridized carbons (Fsp3) is 0.163. The largest absolute Gasteiger partial charge is 0.488 e. The van der Waals surface area contributed by atoms with Crippen molar-refractivity contribution in [3.05, 3.63) is 155 Å². The van der Waals surface area contributed by atoms with Crippen LogP contribution >= 0.6 is 0 Å². The van der Waals surface area contributed by atoms with Gasteiger partial charge in [-0.25, -0.2) is 19.3 Å². The molecule has 7 aromatic rings. The van der Waals surface area contributed by atoms with E-state index < -0.39 is 18.0 Å². The lowest BCUT2D eigenvalue weighted by Crippen LogP contribution is -2.28.